The average Bonchev–Trinajstić information content (AvgIpc) is 2.64. The van der Waals surface area contributed by atoms with Crippen molar-refractivity contribution in [3.8, 4) is 6.07 Å². The van der Waals surface area contributed by atoms with Gasteiger partial charge in [0.25, 0.3) is 0 Å². The van der Waals surface area contributed by atoms with E-state index < -0.39 is 6.10 Å². The lowest BCUT2D eigenvalue weighted by molar-refractivity contribution is 0.220. The van der Waals surface area contributed by atoms with Gasteiger partial charge in [0.05, 0.1) is 12.0 Å². The summed E-state index contributed by atoms with van der Waals surface area (Å²) in [7, 11) is 0. The minimum Gasteiger partial charge on any atom is -0.384 e. The van der Waals surface area contributed by atoms with E-state index >= 15 is 0 Å². The summed E-state index contributed by atoms with van der Waals surface area (Å²) in [4.78, 5) is 0. The molecule has 0 amide bonds. The van der Waals surface area contributed by atoms with Gasteiger partial charge in [-0.1, -0.05) is 78.3 Å². The molecule has 0 aliphatic carbocycles. The molecule has 0 unspecified atom stereocenters. The van der Waals surface area contributed by atoms with Gasteiger partial charge in [-0.3, -0.25) is 0 Å². The van der Waals surface area contributed by atoms with Crippen molar-refractivity contribution in [1.82, 2.24) is 0 Å². The fourth-order valence-corrected chi connectivity index (χ4v) is 2.82. The van der Waals surface area contributed by atoms with E-state index in [4.69, 9.17) is 11.6 Å². The third-order valence-electron chi connectivity index (χ3n) is 4.03. The normalized spacial score (nSPS) is 13.0. The summed E-state index contributed by atoms with van der Waals surface area (Å²) in [6, 6.07) is 26.7. The first-order valence-electron chi connectivity index (χ1n) is 7.67. The Labute approximate surface area is 146 Å². The Morgan fingerprint density at radius 3 is 1.71 bits per heavy atom. The molecule has 3 heteroatoms. The van der Waals surface area contributed by atoms with Crippen LogP contribution < -0.4 is 0 Å². The number of benzene rings is 3. The predicted molar refractivity (Wildman–Crippen MR) is 95.9 cm³/mol. The summed E-state index contributed by atoms with van der Waals surface area (Å²) in [5.41, 5.74) is 3.44. The third kappa shape index (κ3) is 3.49. The van der Waals surface area contributed by atoms with E-state index in [9.17, 15) is 10.4 Å². The molecule has 2 atom stereocenters. The second kappa shape index (κ2) is 7.31. The number of hydrogen-bond donors (Lipinski definition) is 1. The van der Waals surface area contributed by atoms with Crippen LogP contribution in [-0.2, 0) is 0 Å². The lowest BCUT2D eigenvalue weighted by Gasteiger charge is -2.14. The van der Waals surface area contributed by atoms with Crippen LogP contribution in [0.25, 0.3) is 0 Å². The van der Waals surface area contributed by atoms with Gasteiger partial charge in [0.2, 0.25) is 0 Å². The largest absolute Gasteiger partial charge is 0.384 e. The first-order chi connectivity index (χ1) is 11.7. The van der Waals surface area contributed by atoms with Gasteiger partial charge in [-0.25, -0.2) is 0 Å². The van der Waals surface area contributed by atoms with Gasteiger partial charge in [0.15, 0.2) is 0 Å². The van der Waals surface area contributed by atoms with Crippen LogP contribution in [-0.4, -0.2) is 5.11 Å². The Morgan fingerprint density at radius 1 is 0.708 bits per heavy atom. The summed E-state index contributed by atoms with van der Waals surface area (Å²) in [5, 5.41) is 20.6. The number of hydrogen-bond acceptors (Lipinski definition) is 2. The van der Waals surface area contributed by atoms with Crippen molar-refractivity contribution in [2.24, 2.45) is 0 Å². The molecular weight excluding hydrogens is 318 g/mol. The van der Waals surface area contributed by atoms with E-state index in [1.54, 1.807) is 12.1 Å². The average molecular weight is 334 g/mol. The van der Waals surface area contributed by atoms with Crippen molar-refractivity contribution in [3.63, 3.8) is 0 Å². The van der Waals surface area contributed by atoms with Crippen LogP contribution in [0.3, 0.4) is 0 Å². The van der Waals surface area contributed by atoms with Crippen LogP contribution in [0.15, 0.2) is 78.9 Å². The van der Waals surface area contributed by atoms with Gasteiger partial charge < -0.3 is 5.11 Å². The molecule has 3 aromatic rings. The van der Waals surface area contributed by atoms with E-state index in [-0.39, 0.29) is 5.92 Å². The first-order valence-corrected chi connectivity index (χ1v) is 8.05. The van der Waals surface area contributed by atoms with Gasteiger partial charge in [0, 0.05) is 5.02 Å². The van der Waals surface area contributed by atoms with E-state index in [1.807, 2.05) is 66.7 Å². The molecule has 2 nitrogen and oxygen atoms in total. The van der Waals surface area contributed by atoms with E-state index in [1.165, 1.54) is 0 Å². The number of nitrogens with zero attached hydrogens (tertiary/aromatic N) is 1. The van der Waals surface area contributed by atoms with Crippen molar-refractivity contribution in [2.45, 2.75) is 12.0 Å². The van der Waals surface area contributed by atoms with Gasteiger partial charge in [-0.2, -0.15) is 5.26 Å². The molecule has 0 spiro atoms. The zero-order chi connectivity index (χ0) is 16.9. The summed E-state index contributed by atoms with van der Waals surface area (Å²) in [6.45, 7) is 0. The fourth-order valence-electron chi connectivity index (χ4n) is 2.70. The number of rotatable bonds is 4. The summed E-state index contributed by atoms with van der Waals surface area (Å²) < 4.78 is 0. The molecule has 118 valence electrons. The third-order valence-corrected chi connectivity index (χ3v) is 4.29. The number of halogens is 1. The molecule has 0 radical (unpaired) electrons. The van der Waals surface area contributed by atoms with Crippen molar-refractivity contribution < 1.29 is 5.11 Å². The number of aliphatic hydroxyl groups excluding tert-OH is 1. The van der Waals surface area contributed by atoms with Gasteiger partial charge in [0.1, 0.15) is 6.10 Å². The second-order valence-corrected chi connectivity index (χ2v) is 6.03. The lowest BCUT2D eigenvalue weighted by Crippen LogP contribution is -2.02. The van der Waals surface area contributed by atoms with Crippen molar-refractivity contribution in [3.05, 3.63) is 106 Å². The summed E-state index contributed by atoms with van der Waals surface area (Å²) in [5.74, 6) is -0.356. The number of nitriles is 1. The Kier molecular flexibility index (Phi) is 4.96. The molecule has 0 aliphatic heterocycles. The van der Waals surface area contributed by atoms with Crippen LogP contribution in [0.1, 0.15) is 34.3 Å². The highest BCUT2D eigenvalue weighted by Gasteiger charge is 2.15. The Bertz CT molecular complexity index is 836. The minimum atomic E-state index is -0.670. The zero-order valence-electron chi connectivity index (χ0n) is 12.9. The lowest BCUT2D eigenvalue weighted by atomic mass is 9.91. The molecule has 0 saturated carbocycles. The highest BCUT2D eigenvalue weighted by Crippen LogP contribution is 2.28. The molecule has 3 rings (SSSR count). The Hall–Kier alpha value is -2.60. The quantitative estimate of drug-likeness (QED) is 0.723. The SMILES string of the molecule is N#C[C@@H](c1ccc(Cl)cc1)c1ccc([C@H](O)c2ccccc2)cc1. The monoisotopic (exact) mass is 333 g/mol. The molecule has 0 fully saturated rings. The minimum absolute atomic E-state index is 0.356. The van der Waals surface area contributed by atoms with E-state index in [0.717, 1.165) is 22.3 Å². The molecule has 0 saturated heterocycles. The smallest absolute Gasteiger partial charge is 0.104 e. The molecule has 0 aliphatic rings. The predicted octanol–water partition coefficient (Wildman–Crippen LogP) is 5.08. The first kappa shape index (κ1) is 16.3. The highest BCUT2D eigenvalue weighted by molar-refractivity contribution is 6.30. The maximum atomic E-state index is 10.4. The van der Waals surface area contributed by atoms with Crippen LogP contribution >= 0.6 is 11.6 Å². The van der Waals surface area contributed by atoms with E-state index in [0.29, 0.717) is 5.02 Å². The fraction of sp³-hybridized carbons (Fsp3) is 0.0952. The molecule has 0 heterocycles. The maximum absolute atomic E-state index is 10.4. The van der Waals surface area contributed by atoms with Gasteiger partial charge in [-0.15, -0.1) is 0 Å². The van der Waals surface area contributed by atoms with Crippen LogP contribution in [0.4, 0.5) is 0 Å². The molecule has 24 heavy (non-hydrogen) atoms. The second-order valence-electron chi connectivity index (χ2n) is 5.59. The van der Waals surface area contributed by atoms with Crippen LogP contribution in [0, 0.1) is 11.3 Å². The van der Waals surface area contributed by atoms with Gasteiger partial charge >= 0.3 is 0 Å². The summed E-state index contributed by atoms with van der Waals surface area (Å²) in [6.07, 6.45) is -0.670. The van der Waals surface area contributed by atoms with Crippen molar-refractivity contribution >= 4 is 11.6 Å². The van der Waals surface area contributed by atoms with Crippen molar-refractivity contribution in [2.75, 3.05) is 0 Å². The maximum Gasteiger partial charge on any atom is 0.104 e. The van der Waals surface area contributed by atoms with Crippen LogP contribution in [0.2, 0.25) is 5.02 Å². The zero-order valence-corrected chi connectivity index (χ0v) is 13.7. The standard InChI is InChI=1S/C21H16ClNO/c22-19-12-10-16(11-13-19)20(14-23)15-6-8-18(9-7-15)21(24)17-4-2-1-3-5-17/h1-13,20-21,24H/t20-,21-/m1/s1. The highest BCUT2D eigenvalue weighted by atomic mass is 35.5. The molecular formula is C21H16ClNO. The van der Waals surface area contributed by atoms with Crippen molar-refractivity contribution in [1.29, 1.82) is 5.26 Å². The van der Waals surface area contributed by atoms with Gasteiger partial charge in [-0.05, 0) is 34.4 Å². The summed E-state index contributed by atoms with van der Waals surface area (Å²) >= 11 is 5.91. The molecule has 0 bridgehead atoms. The Morgan fingerprint density at radius 2 is 1.17 bits per heavy atom. The topological polar surface area (TPSA) is 44.0 Å². The molecule has 0 aromatic heterocycles. The number of aliphatic hydroxyl groups is 1. The molecule has 1 N–H and O–H groups in total. The Balaban J connectivity index is 1.85. The molecule has 3 aromatic carbocycles. The van der Waals surface area contributed by atoms with Crippen LogP contribution in [0.5, 0.6) is 0 Å². The van der Waals surface area contributed by atoms with E-state index in [2.05, 4.69) is 6.07 Å².